The van der Waals surface area contributed by atoms with Crippen molar-refractivity contribution in [2.75, 3.05) is 5.73 Å². The van der Waals surface area contributed by atoms with E-state index in [0.29, 0.717) is 12.6 Å². The lowest BCUT2D eigenvalue weighted by Gasteiger charge is -2.10. The van der Waals surface area contributed by atoms with Gasteiger partial charge in [0.15, 0.2) is 6.73 Å². The van der Waals surface area contributed by atoms with Crippen LogP contribution in [0.2, 0.25) is 0 Å². The van der Waals surface area contributed by atoms with Crippen molar-refractivity contribution in [1.29, 1.82) is 0 Å². The Balaban J connectivity index is 2.04. The van der Waals surface area contributed by atoms with Gasteiger partial charge in [-0.1, -0.05) is 26.0 Å². The normalized spacial score (nSPS) is 11.0. The monoisotopic (exact) mass is 259 g/mol. The number of aryl methyl sites for hydroxylation is 1. The van der Waals surface area contributed by atoms with E-state index in [4.69, 9.17) is 10.5 Å². The number of hydrogen-bond donors (Lipinski definition) is 1. The fraction of sp³-hybridized carbons (Fsp3) is 0.400. The van der Waals surface area contributed by atoms with E-state index in [1.807, 2.05) is 26.0 Å². The minimum atomic E-state index is 0.380. The third-order valence-electron chi connectivity index (χ3n) is 3.34. The van der Waals surface area contributed by atoms with E-state index in [0.717, 1.165) is 22.8 Å². The molecule has 0 atom stereocenters. The maximum absolute atomic E-state index is 5.89. The fourth-order valence-corrected chi connectivity index (χ4v) is 1.92. The third kappa shape index (κ3) is 2.89. The molecule has 0 aliphatic carbocycles. The van der Waals surface area contributed by atoms with Gasteiger partial charge in [0, 0.05) is 0 Å². The van der Waals surface area contributed by atoms with E-state index in [9.17, 15) is 0 Å². The predicted octanol–water partition coefficient (Wildman–Crippen LogP) is 3.24. The van der Waals surface area contributed by atoms with Crippen molar-refractivity contribution in [2.24, 2.45) is 0 Å². The van der Waals surface area contributed by atoms with Gasteiger partial charge in [0.1, 0.15) is 5.75 Å². The Hall–Kier alpha value is -1.97. The lowest BCUT2D eigenvalue weighted by molar-refractivity contribution is 0.218. The van der Waals surface area contributed by atoms with Crippen LogP contribution in [-0.4, -0.2) is 9.78 Å². The van der Waals surface area contributed by atoms with Gasteiger partial charge in [-0.3, -0.25) is 0 Å². The van der Waals surface area contributed by atoms with Crippen LogP contribution in [0.1, 0.15) is 36.7 Å². The van der Waals surface area contributed by atoms with Crippen molar-refractivity contribution in [3.63, 3.8) is 0 Å². The first-order valence-electron chi connectivity index (χ1n) is 6.51. The van der Waals surface area contributed by atoms with Gasteiger partial charge >= 0.3 is 0 Å². The van der Waals surface area contributed by atoms with Crippen LogP contribution in [0.3, 0.4) is 0 Å². The quantitative estimate of drug-likeness (QED) is 0.917. The van der Waals surface area contributed by atoms with Gasteiger partial charge in [-0.05, 0) is 37.5 Å². The third-order valence-corrected chi connectivity index (χ3v) is 3.34. The molecule has 0 bridgehead atoms. The summed E-state index contributed by atoms with van der Waals surface area (Å²) in [6, 6.07) is 8.17. The first kappa shape index (κ1) is 13.5. The zero-order valence-corrected chi connectivity index (χ0v) is 12.0. The number of benzene rings is 1. The largest absolute Gasteiger partial charge is 0.471 e. The number of nitrogens with zero attached hydrogens (tertiary/aromatic N) is 2. The molecule has 0 radical (unpaired) electrons. The molecule has 1 aromatic carbocycles. The van der Waals surface area contributed by atoms with Crippen LogP contribution in [0.4, 0.5) is 5.69 Å². The lowest BCUT2D eigenvalue weighted by Crippen LogP contribution is -2.09. The highest BCUT2D eigenvalue weighted by Crippen LogP contribution is 2.20. The Kier molecular flexibility index (Phi) is 3.79. The Labute approximate surface area is 114 Å². The average molecular weight is 259 g/mol. The van der Waals surface area contributed by atoms with E-state index in [1.54, 1.807) is 4.68 Å². The van der Waals surface area contributed by atoms with Gasteiger partial charge in [-0.2, -0.15) is 5.10 Å². The number of nitrogens with two attached hydrogens (primary N) is 1. The molecule has 2 rings (SSSR count). The Morgan fingerprint density at radius 1 is 1.21 bits per heavy atom. The number of anilines is 1. The summed E-state index contributed by atoms with van der Waals surface area (Å²) in [6.07, 6.45) is 0. The van der Waals surface area contributed by atoms with Crippen molar-refractivity contribution in [3.8, 4) is 5.75 Å². The molecular formula is C15H21N3O. The molecule has 4 heteroatoms. The van der Waals surface area contributed by atoms with Gasteiger partial charge < -0.3 is 10.5 Å². The minimum Gasteiger partial charge on any atom is -0.471 e. The van der Waals surface area contributed by atoms with Crippen LogP contribution in [0.5, 0.6) is 5.75 Å². The molecule has 0 unspecified atom stereocenters. The van der Waals surface area contributed by atoms with Crippen molar-refractivity contribution in [2.45, 2.75) is 40.3 Å². The maximum Gasteiger partial charge on any atom is 0.181 e. The summed E-state index contributed by atoms with van der Waals surface area (Å²) in [6.45, 7) is 8.57. The van der Waals surface area contributed by atoms with Crippen molar-refractivity contribution in [1.82, 2.24) is 9.78 Å². The molecule has 1 aromatic heterocycles. The van der Waals surface area contributed by atoms with Crippen LogP contribution in [0, 0.1) is 13.8 Å². The minimum absolute atomic E-state index is 0.380. The number of aromatic nitrogens is 2. The highest BCUT2D eigenvalue weighted by molar-refractivity contribution is 5.46. The molecule has 2 aromatic rings. The zero-order chi connectivity index (χ0) is 14.0. The van der Waals surface area contributed by atoms with Crippen molar-refractivity contribution in [3.05, 3.63) is 41.2 Å². The molecule has 19 heavy (non-hydrogen) atoms. The highest BCUT2D eigenvalue weighted by Gasteiger charge is 2.08. The van der Waals surface area contributed by atoms with E-state index >= 15 is 0 Å². The van der Waals surface area contributed by atoms with Crippen LogP contribution in [-0.2, 0) is 6.73 Å². The average Bonchev–Trinajstić information content (AvgIpc) is 2.64. The van der Waals surface area contributed by atoms with Gasteiger partial charge in [-0.15, -0.1) is 0 Å². The van der Waals surface area contributed by atoms with Gasteiger partial charge in [0.25, 0.3) is 0 Å². The molecule has 1 heterocycles. The first-order chi connectivity index (χ1) is 8.99. The summed E-state index contributed by atoms with van der Waals surface area (Å²) >= 11 is 0. The van der Waals surface area contributed by atoms with E-state index < -0.39 is 0 Å². The van der Waals surface area contributed by atoms with Crippen LogP contribution < -0.4 is 10.5 Å². The van der Waals surface area contributed by atoms with Crippen molar-refractivity contribution >= 4 is 5.69 Å². The second kappa shape index (κ2) is 5.34. The summed E-state index contributed by atoms with van der Waals surface area (Å²) < 4.78 is 7.50. The molecule has 102 valence electrons. The van der Waals surface area contributed by atoms with Crippen LogP contribution in [0.25, 0.3) is 0 Å². The van der Waals surface area contributed by atoms with E-state index in [1.165, 1.54) is 5.56 Å². The topological polar surface area (TPSA) is 53.1 Å². The van der Waals surface area contributed by atoms with Gasteiger partial charge in [0.05, 0.1) is 17.1 Å². The smallest absolute Gasteiger partial charge is 0.181 e. The maximum atomic E-state index is 5.89. The summed E-state index contributed by atoms with van der Waals surface area (Å²) in [7, 11) is 0. The lowest BCUT2D eigenvalue weighted by atomic mass is 10.0. The molecule has 0 spiro atoms. The molecule has 0 amide bonds. The fourth-order valence-electron chi connectivity index (χ4n) is 1.92. The van der Waals surface area contributed by atoms with Crippen molar-refractivity contribution < 1.29 is 4.74 Å². The SMILES string of the molecule is Cc1nn(COc2ccc(C(C)C)cc2)c(C)c1N. The molecular weight excluding hydrogens is 238 g/mol. The summed E-state index contributed by atoms with van der Waals surface area (Å²) in [5.41, 5.74) is 9.71. The summed E-state index contributed by atoms with van der Waals surface area (Å²) in [5, 5.41) is 4.34. The molecule has 2 N–H and O–H groups in total. The molecule has 0 fully saturated rings. The van der Waals surface area contributed by atoms with Gasteiger partial charge in [-0.25, -0.2) is 4.68 Å². The van der Waals surface area contributed by atoms with Crippen LogP contribution >= 0.6 is 0 Å². The molecule has 0 saturated heterocycles. The second-order valence-electron chi connectivity index (χ2n) is 5.08. The van der Waals surface area contributed by atoms with Crippen LogP contribution in [0.15, 0.2) is 24.3 Å². The van der Waals surface area contributed by atoms with Gasteiger partial charge in [0.2, 0.25) is 0 Å². The second-order valence-corrected chi connectivity index (χ2v) is 5.08. The number of hydrogen-bond acceptors (Lipinski definition) is 3. The summed E-state index contributed by atoms with van der Waals surface area (Å²) in [5.74, 6) is 1.38. The molecule has 0 saturated carbocycles. The highest BCUT2D eigenvalue weighted by atomic mass is 16.5. The Bertz CT molecular complexity index is 556. The number of rotatable bonds is 4. The first-order valence-corrected chi connectivity index (χ1v) is 6.51. The molecule has 0 aliphatic rings. The summed E-state index contributed by atoms with van der Waals surface area (Å²) in [4.78, 5) is 0. The number of nitrogen functional groups attached to an aromatic ring is 1. The Morgan fingerprint density at radius 2 is 1.84 bits per heavy atom. The molecule has 4 nitrogen and oxygen atoms in total. The number of ether oxygens (including phenoxy) is 1. The van der Waals surface area contributed by atoms with E-state index in [-0.39, 0.29) is 0 Å². The molecule has 0 aliphatic heterocycles. The predicted molar refractivity (Wildman–Crippen MR) is 77.3 cm³/mol. The standard InChI is InChI=1S/C15H21N3O/c1-10(2)13-5-7-14(8-6-13)19-9-18-12(4)15(16)11(3)17-18/h5-8,10H,9,16H2,1-4H3. The zero-order valence-electron chi connectivity index (χ0n) is 12.0. The Morgan fingerprint density at radius 3 is 2.32 bits per heavy atom. The van der Waals surface area contributed by atoms with E-state index in [2.05, 4.69) is 31.1 Å².